The summed E-state index contributed by atoms with van der Waals surface area (Å²) in [5.41, 5.74) is 2.28. The molecule has 0 aliphatic rings. The average molecular weight is 211 g/mol. The van der Waals surface area contributed by atoms with Crippen molar-refractivity contribution in [1.82, 2.24) is 15.1 Å². The summed E-state index contributed by atoms with van der Waals surface area (Å²) in [6.45, 7) is 6.72. The van der Waals surface area contributed by atoms with E-state index in [2.05, 4.69) is 17.3 Å². The summed E-state index contributed by atoms with van der Waals surface area (Å²) in [6.07, 6.45) is 2.55. The SMILES string of the molecule is Cc1nn(C)cc1CNC(C)CC(C)O. The predicted molar refractivity (Wildman–Crippen MR) is 60.5 cm³/mol. The van der Waals surface area contributed by atoms with Gasteiger partial charge in [-0.05, 0) is 27.2 Å². The summed E-state index contributed by atoms with van der Waals surface area (Å²) in [5.74, 6) is 0. The van der Waals surface area contributed by atoms with Crippen LogP contribution in [0, 0.1) is 6.92 Å². The molecule has 0 spiro atoms. The number of rotatable bonds is 5. The van der Waals surface area contributed by atoms with Gasteiger partial charge in [-0.25, -0.2) is 0 Å². The molecule has 2 atom stereocenters. The predicted octanol–water partition coefficient (Wildman–Crippen LogP) is 0.978. The minimum Gasteiger partial charge on any atom is -0.393 e. The molecule has 0 saturated heterocycles. The summed E-state index contributed by atoms with van der Waals surface area (Å²) >= 11 is 0. The molecule has 15 heavy (non-hydrogen) atoms. The van der Waals surface area contributed by atoms with Gasteiger partial charge in [-0.2, -0.15) is 5.10 Å². The molecule has 86 valence electrons. The van der Waals surface area contributed by atoms with Gasteiger partial charge in [0.1, 0.15) is 0 Å². The Morgan fingerprint density at radius 1 is 1.53 bits per heavy atom. The maximum absolute atomic E-state index is 9.22. The van der Waals surface area contributed by atoms with E-state index in [1.165, 1.54) is 5.56 Å². The normalized spacial score (nSPS) is 15.3. The number of nitrogens with one attached hydrogen (secondary N) is 1. The Bertz CT molecular complexity index is 307. The first-order valence-corrected chi connectivity index (χ1v) is 5.39. The molecule has 0 radical (unpaired) electrons. The fourth-order valence-corrected chi connectivity index (χ4v) is 1.70. The van der Waals surface area contributed by atoms with Crippen LogP contribution in [0.25, 0.3) is 0 Å². The molecule has 2 N–H and O–H groups in total. The minimum absolute atomic E-state index is 0.248. The lowest BCUT2D eigenvalue weighted by Crippen LogP contribution is -2.28. The van der Waals surface area contributed by atoms with Gasteiger partial charge in [0.15, 0.2) is 0 Å². The molecule has 1 aromatic heterocycles. The van der Waals surface area contributed by atoms with Crippen LogP contribution in [0.15, 0.2) is 6.20 Å². The summed E-state index contributed by atoms with van der Waals surface area (Å²) in [6, 6.07) is 0.324. The standard InChI is InChI=1S/C11H21N3O/c1-8(5-9(2)15)12-6-11-7-14(4)13-10(11)3/h7-9,12,15H,5-6H2,1-4H3. The van der Waals surface area contributed by atoms with E-state index in [1.54, 1.807) is 0 Å². The second kappa shape index (κ2) is 5.28. The van der Waals surface area contributed by atoms with E-state index in [0.717, 1.165) is 18.7 Å². The molecular weight excluding hydrogens is 190 g/mol. The van der Waals surface area contributed by atoms with Crippen molar-refractivity contribution in [3.63, 3.8) is 0 Å². The van der Waals surface area contributed by atoms with Crippen LogP contribution in [0.3, 0.4) is 0 Å². The van der Waals surface area contributed by atoms with Crippen LogP contribution in [0.5, 0.6) is 0 Å². The highest BCUT2D eigenvalue weighted by Gasteiger charge is 2.07. The lowest BCUT2D eigenvalue weighted by atomic mass is 10.1. The first kappa shape index (κ1) is 12.2. The van der Waals surface area contributed by atoms with Gasteiger partial charge >= 0.3 is 0 Å². The highest BCUT2D eigenvalue weighted by atomic mass is 16.3. The van der Waals surface area contributed by atoms with Crippen LogP contribution in [0.1, 0.15) is 31.5 Å². The van der Waals surface area contributed by atoms with Gasteiger partial charge in [0.2, 0.25) is 0 Å². The fourth-order valence-electron chi connectivity index (χ4n) is 1.70. The Balaban J connectivity index is 2.40. The van der Waals surface area contributed by atoms with Crippen molar-refractivity contribution >= 4 is 0 Å². The van der Waals surface area contributed by atoms with Crippen molar-refractivity contribution in [2.45, 2.75) is 45.9 Å². The molecule has 2 unspecified atom stereocenters. The highest BCUT2D eigenvalue weighted by Crippen LogP contribution is 2.05. The lowest BCUT2D eigenvalue weighted by molar-refractivity contribution is 0.170. The summed E-state index contributed by atoms with van der Waals surface area (Å²) in [5, 5.41) is 16.9. The topological polar surface area (TPSA) is 50.1 Å². The van der Waals surface area contributed by atoms with Crippen molar-refractivity contribution in [3.05, 3.63) is 17.5 Å². The molecule has 4 nitrogen and oxygen atoms in total. The summed E-state index contributed by atoms with van der Waals surface area (Å²) in [7, 11) is 1.93. The van der Waals surface area contributed by atoms with Gasteiger partial charge in [-0.3, -0.25) is 4.68 Å². The molecule has 1 aromatic rings. The smallest absolute Gasteiger partial charge is 0.0638 e. The van der Waals surface area contributed by atoms with Gasteiger partial charge in [0, 0.05) is 31.4 Å². The van der Waals surface area contributed by atoms with Crippen molar-refractivity contribution in [2.24, 2.45) is 7.05 Å². The monoisotopic (exact) mass is 211 g/mol. The van der Waals surface area contributed by atoms with Gasteiger partial charge in [0.05, 0.1) is 11.8 Å². The van der Waals surface area contributed by atoms with E-state index in [-0.39, 0.29) is 6.10 Å². The van der Waals surface area contributed by atoms with E-state index >= 15 is 0 Å². The van der Waals surface area contributed by atoms with E-state index < -0.39 is 0 Å². The zero-order chi connectivity index (χ0) is 11.4. The molecule has 0 saturated carbocycles. The van der Waals surface area contributed by atoms with Crippen LogP contribution in [-0.4, -0.2) is 27.0 Å². The quantitative estimate of drug-likeness (QED) is 0.763. The fraction of sp³-hybridized carbons (Fsp3) is 0.727. The van der Waals surface area contributed by atoms with Crippen molar-refractivity contribution < 1.29 is 5.11 Å². The van der Waals surface area contributed by atoms with Crippen LogP contribution in [-0.2, 0) is 13.6 Å². The van der Waals surface area contributed by atoms with E-state index in [9.17, 15) is 5.11 Å². The number of nitrogens with zero attached hydrogens (tertiary/aromatic N) is 2. The molecule has 0 aliphatic heterocycles. The van der Waals surface area contributed by atoms with Crippen LogP contribution in [0.4, 0.5) is 0 Å². The van der Waals surface area contributed by atoms with Gasteiger partial charge in [-0.1, -0.05) is 0 Å². The highest BCUT2D eigenvalue weighted by molar-refractivity contribution is 5.14. The third-order valence-corrected chi connectivity index (χ3v) is 2.45. The van der Waals surface area contributed by atoms with E-state index in [1.807, 2.05) is 31.8 Å². The van der Waals surface area contributed by atoms with Crippen molar-refractivity contribution in [2.75, 3.05) is 0 Å². The number of hydrogen-bond donors (Lipinski definition) is 2. The number of aryl methyl sites for hydroxylation is 2. The maximum atomic E-state index is 9.22. The average Bonchev–Trinajstić information content (AvgIpc) is 2.40. The Kier molecular flexibility index (Phi) is 4.29. The van der Waals surface area contributed by atoms with Gasteiger partial charge in [-0.15, -0.1) is 0 Å². The van der Waals surface area contributed by atoms with Crippen LogP contribution >= 0.6 is 0 Å². The zero-order valence-corrected chi connectivity index (χ0v) is 9.99. The van der Waals surface area contributed by atoms with Gasteiger partial charge in [0.25, 0.3) is 0 Å². The Hall–Kier alpha value is -0.870. The Labute approximate surface area is 91.3 Å². The molecule has 0 fully saturated rings. The summed E-state index contributed by atoms with van der Waals surface area (Å²) in [4.78, 5) is 0. The third-order valence-electron chi connectivity index (χ3n) is 2.45. The molecule has 0 aromatic carbocycles. The molecule has 0 aliphatic carbocycles. The zero-order valence-electron chi connectivity index (χ0n) is 9.99. The van der Waals surface area contributed by atoms with Crippen molar-refractivity contribution in [3.8, 4) is 0 Å². The number of hydrogen-bond acceptors (Lipinski definition) is 3. The molecule has 4 heteroatoms. The van der Waals surface area contributed by atoms with E-state index in [0.29, 0.717) is 6.04 Å². The largest absolute Gasteiger partial charge is 0.393 e. The molecule has 1 rings (SSSR count). The Morgan fingerprint density at radius 2 is 2.20 bits per heavy atom. The maximum Gasteiger partial charge on any atom is 0.0638 e. The van der Waals surface area contributed by atoms with E-state index in [4.69, 9.17) is 0 Å². The third kappa shape index (κ3) is 4.01. The Morgan fingerprint density at radius 3 is 2.67 bits per heavy atom. The number of aliphatic hydroxyl groups excluding tert-OH is 1. The first-order chi connectivity index (χ1) is 6.99. The van der Waals surface area contributed by atoms with Crippen LogP contribution < -0.4 is 5.32 Å². The molecule has 1 heterocycles. The second-order valence-corrected chi connectivity index (χ2v) is 4.28. The number of aliphatic hydroxyl groups is 1. The first-order valence-electron chi connectivity index (χ1n) is 5.39. The van der Waals surface area contributed by atoms with Crippen molar-refractivity contribution in [1.29, 1.82) is 0 Å². The molecule has 0 amide bonds. The molecule has 0 bridgehead atoms. The number of aromatic nitrogens is 2. The second-order valence-electron chi connectivity index (χ2n) is 4.28. The van der Waals surface area contributed by atoms with Gasteiger partial charge < -0.3 is 10.4 Å². The summed E-state index contributed by atoms with van der Waals surface area (Å²) < 4.78 is 1.83. The lowest BCUT2D eigenvalue weighted by Gasteiger charge is -2.14. The van der Waals surface area contributed by atoms with Crippen LogP contribution in [0.2, 0.25) is 0 Å². The minimum atomic E-state index is -0.248. The molecular formula is C11H21N3O.